The molecule has 8 heteroatoms. The van der Waals surface area contributed by atoms with E-state index in [0.717, 1.165) is 63.6 Å². The Morgan fingerprint density at radius 1 is 1.12 bits per heavy atom. The molecule has 1 aromatic heterocycles. The van der Waals surface area contributed by atoms with Crippen molar-refractivity contribution in [3.8, 4) is 0 Å². The molecule has 2 N–H and O–H groups in total. The highest BCUT2D eigenvalue weighted by Crippen LogP contribution is 2.31. The summed E-state index contributed by atoms with van der Waals surface area (Å²) in [6.07, 6.45) is 8.07. The maximum Gasteiger partial charge on any atom is 0.341 e. The van der Waals surface area contributed by atoms with E-state index >= 15 is 0 Å². The minimum absolute atomic E-state index is 0.122. The van der Waals surface area contributed by atoms with Gasteiger partial charge in [0.2, 0.25) is 11.8 Å². The second-order valence-corrected chi connectivity index (χ2v) is 10.6. The molecule has 1 aliphatic heterocycles. The van der Waals surface area contributed by atoms with Crippen LogP contribution in [0.3, 0.4) is 0 Å². The first-order valence-electron chi connectivity index (χ1n) is 12.5. The number of rotatable bonds is 9. The molecule has 0 radical (unpaired) electrons. The molecule has 0 atom stereocenters. The number of esters is 1. The van der Waals surface area contributed by atoms with E-state index in [1.54, 1.807) is 6.92 Å². The van der Waals surface area contributed by atoms with E-state index in [9.17, 15) is 14.4 Å². The fourth-order valence-electron chi connectivity index (χ4n) is 4.79. The van der Waals surface area contributed by atoms with E-state index in [1.165, 1.54) is 17.8 Å². The first-order valence-corrected chi connectivity index (χ1v) is 13.3. The lowest BCUT2D eigenvalue weighted by Gasteiger charge is -2.33. The van der Waals surface area contributed by atoms with Crippen LogP contribution in [0.2, 0.25) is 0 Å². The van der Waals surface area contributed by atoms with Crippen molar-refractivity contribution in [1.82, 2.24) is 10.2 Å². The van der Waals surface area contributed by atoms with E-state index in [0.29, 0.717) is 23.1 Å². The molecule has 0 aromatic carbocycles. The van der Waals surface area contributed by atoms with Crippen molar-refractivity contribution in [2.75, 3.05) is 31.6 Å². The first kappa shape index (κ1) is 25.7. The molecule has 2 amide bonds. The molecule has 0 unspecified atom stereocenters. The van der Waals surface area contributed by atoms with Crippen molar-refractivity contribution in [1.29, 1.82) is 0 Å². The van der Waals surface area contributed by atoms with E-state index in [4.69, 9.17) is 4.74 Å². The van der Waals surface area contributed by atoms with E-state index in [1.807, 2.05) is 5.38 Å². The van der Waals surface area contributed by atoms with Crippen LogP contribution in [-0.4, -0.2) is 55.0 Å². The Balaban J connectivity index is 1.49. The molecule has 2 heterocycles. The zero-order valence-electron chi connectivity index (χ0n) is 20.3. The summed E-state index contributed by atoms with van der Waals surface area (Å²) in [4.78, 5) is 39.9. The predicted octanol–water partition coefficient (Wildman–Crippen LogP) is 4.22. The number of ether oxygens (including phenoxy) is 1. The number of thiophene rings is 1. The van der Waals surface area contributed by atoms with Crippen molar-refractivity contribution < 1.29 is 19.1 Å². The summed E-state index contributed by atoms with van der Waals surface area (Å²) in [6.45, 7) is 8.12. The van der Waals surface area contributed by atoms with Gasteiger partial charge in [-0.05, 0) is 55.9 Å². The Kier molecular flexibility index (Phi) is 9.74. The number of carbonyl (C=O) groups is 3. The molecular formula is C25H39N3O4S. The monoisotopic (exact) mass is 477 g/mol. The lowest BCUT2D eigenvalue weighted by molar-refractivity contribution is -0.127. The normalized spacial score (nSPS) is 18.3. The summed E-state index contributed by atoms with van der Waals surface area (Å²) >= 11 is 1.38. The second kappa shape index (κ2) is 12.5. The van der Waals surface area contributed by atoms with Gasteiger partial charge in [0.05, 0.1) is 18.7 Å². The Morgan fingerprint density at radius 3 is 2.45 bits per heavy atom. The average molecular weight is 478 g/mol. The van der Waals surface area contributed by atoms with Crippen molar-refractivity contribution in [3.63, 3.8) is 0 Å². The minimum Gasteiger partial charge on any atom is -0.462 e. The molecular weight excluding hydrogens is 438 g/mol. The zero-order valence-corrected chi connectivity index (χ0v) is 21.1. The number of amides is 2. The molecule has 1 saturated carbocycles. The summed E-state index contributed by atoms with van der Waals surface area (Å²) in [5.41, 5.74) is 1.42. The molecule has 1 aromatic rings. The SMILES string of the molecule is CCOC(=O)c1c(CC(C)C)csc1NC(=O)CN1CCC(NC(=O)C2CCCCC2)CC1. The number of hydrogen-bond acceptors (Lipinski definition) is 6. The molecule has 3 rings (SSSR count). The smallest absolute Gasteiger partial charge is 0.341 e. The molecule has 2 fully saturated rings. The van der Waals surface area contributed by atoms with Crippen LogP contribution in [0, 0.1) is 11.8 Å². The molecule has 0 spiro atoms. The third-order valence-electron chi connectivity index (χ3n) is 6.51. The highest BCUT2D eigenvalue weighted by Gasteiger charge is 2.27. The average Bonchev–Trinajstić information content (AvgIpc) is 3.17. The van der Waals surface area contributed by atoms with Crippen LogP contribution in [0.4, 0.5) is 5.00 Å². The lowest BCUT2D eigenvalue weighted by atomic mass is 9.88. The Labute approximate surface area is 201 Å². The number of anilines is 1. The Bertz CT molecular complexity index is 809. The van der Waals surface area contributed by atoms with Crippen molar-refractivity contribution in [2.45, 2.75) is 78.2 Å². The minimum atomic E-state index is -0.376. The van der Waals surface area contributed by atoms with Crippen molar-refractivity contribution in [3.05, 3.63) is 16.5 Å². The van der Waals surface area contributed by atoms with Crippen LogP contribution in [0.25, 0.3) is 0 Å². The Hall–Kier alpha value is -1.93. The summed E-state index contributed by atoms with van der Waals surface area (Å²) in [7, 11) is 0. The summed E-state index contributed by atoms with van der Waals surface area (Å²) in [5.74, 6) is 0.299. The number of likely N-dealkylation sites (tertiary alicyclic amines) is 1. The number of nitrogens with zero attached hydrogens (tertiary/aromatic N) is 1. The number of nitrogens with one attached hydrogen (secondary N) is 2. The third-order valence-corrected chi connectivity index (χ3v) is 7.45. The molecule has 1 saturated heterocycles. The number of piperidine rings is 1. The van der Waals surface area contributed by atoms with Crippen LogP contribution in [0.15, 0.2) is 5.38 Å². The molecule has 0 bridgehead atoms. The van der Waals surface area contributed by atoms with Gasteiger partial charge in [-0.1, -0.05) is 33.1 Å². The summed E-state index contributed by atoms with van der Waals surface area (Å²) < 4.78 is 5.24. The second-order valence-electron chi connectivity index (χ2n) is 9.73. The van der Waals surface area contributed by atoms with Crippen LogP contribution < -0.4 is 10.6 Å². The molecule has 33 heavy (non-hydrogen) atoms. The van der Waals surface area contributed by atoms with Gasteiger partial charge in [0.15, 0.2) is 0 Å². The van der Waals surface area contributed by atoms with Crippen molar-refractivity contribution >= 4 is 34.1 Å². The quantitative estimate of drug-likeness (QED) is 0.520. The van der Waals surface area contributed by atoms with Gasteiger partial charge >= 0.3 is 5.97 Å². The molecule has 1 aliphatic carbocycles. The Morgan fingerprint density at radius 2 is 1.82 bits per heavy atom. The van der Waals surface area contributed by atoms with Gasteiger partial charge in [0.1, 0.15) is 5.00 Å². The van der Waals surface area contributed by atoms with Crippen LogP contribution in [0.1, 0.15) is 81.6 Å². The van der Waals surface area contributed by atoms with Crippen molar-refractivity contribution in [2.24, 2.45) is 11.8 Å². The van der Waals surface area contributed by atoms with Gasteiger partial charge in [0.25, 0.3) is 0 Å². The fourth-order valence-corrected chi connectivity index (χ4v) is 5.77. The summed E-state index contributed by atoms with van der Waals surface area (Å²) in [5, 5.41) is 8.70. The third kappa shape index (κ3) is 7.54. The van der Waals surface area contributed by atoms with E-state index in [2.05, 4.69) is 29.4 Å². The van der Waals surface area contributed by atoms with Crippen LogP contribution in [0.5, 0.6) is 0 Å². The van der Waals surface area contributed by atoms with Crippen LogP contribution in [-0.2, 0) is 20.7 Å². The van der Waals surface area contributed by atoms with Gasteiger partial charge in [-0.2, -0.15) is 0 Å². The van der Waals surface area contributed by atoms with Gasteiger partial charge in [-0.25, -0.2) is 4.79 Å². The fraction of sp³-hybridized carbons (Fsp3) is 0.720. The predicted molar refractivity (Wildman–Crippen MR) is 132 cm³/mol. The number of hydrogen-bond donors (Lipinski definition) is 2. The van der Waals surface area contributed by atoms with E-state index < -0.39 is 0 Å². The maximum atomic E-state index is 12.7. The highest BCUT2D eigenvalue weighted by atomic mass is 32.1. The maximum absolute atomic E-state index is 12.7. The molecule has 2 aliphatic rings. The number of carbonyl (C=O) groups excluding carboxylic acids is 3. The summed E-state index contributed by atoms with van der Waals surface area (Å²) in [6, 6.07) is 0.199. The van der Waals surface area contributed by atoms with Gasteiger partial charge in [0, 0.05) is 25.0 Å². The standard InChI is InChI=1S/C25H39N3O4S/c1-4-32-25(31)22-19(14-17(2)3)16-33-24(22)27-21(29)15-28-12-10-20(11-13-28)26-23(30)18-8-6-5-7-9-18/h16-18,20H,4-15H2,1-3H3,(H,26,30)(H,27,29). The first-order chi connectivity index (χ1) is 15.9. The topological polar surface area (TPSA) is 87.7 Å². The van der Waals surface area contributed by atoms with Crippen LogP contribution >= 0.6 is 11.3 Å². The lowest BCUT2D eigenvalue weighted by Crippen LogP contribution is -2.48. The highest BCUT2D eigenvalue weighted by molar-refractivity contribution is 7.15. The zero-order chi connectivity index (χ0) is 23.8. The van der Waals surface area contributed by atoms with Gasteiger partial charge < -0.3 is 15.4 Å². The van der Waals surface area contributed by atoms with Gasteiger partial charge in [-0.3, -0.25) is 14.5 Å². The molecule has 7 nitrogen and oxygen atoms in total. The van der Waals surface area contributed by atoms with Gasteiger partial charge in [-0.15, -0.1) is 11.3 Å². The largest absolute Gasteiger partial charge is 0.462 e. The molecule has 184 valence electrons. The van der Waals surface area contributed by atoms with E-state index in [-0.39, 0.29) is 36.3 Å².